The van der Waals surface area contributed by atoms with Crippen molar-refractivity contribution in [3.05, 3.63) is 35.4 Å². The molecule has 0 saturated carbocycles. The van der Waals surface area contributed by atoms with Crippen LogP contribution in [0.15, 0.2) is 24.3 Å². The number of nitrogens with one attached hydrogen (secondary N) is 1. The molecule has 0 heterocycles. The molecule has 1 N–H and O–H groups in total. The lowest BCUT2D eigenvalue weighted by Gasteiger charge is -2.19. The minimum absolute atomic E-state index is 0.0987. The van der Waals surface area contributed by atoms with Crippen molar-refractivity contribution in [1.29, 1.82) is 5.26 Å². The maximum Gasteiger partial charge on any atom is 0.221 e. The zero-order chi connectivity index (χ0) is 13.8. The summed E-state index contributed by atoms with van der Waals surface area (Å²) in [6.45, 7) is 6.44. The van der Waals surface area contributed by atoms with E-state index in [2.05, 4.69) is 32.2 Å². The molecule has 3 nitrogen and oxygen atoms in total. The molecule has 0 spiro atoms. The van der Waals surface area contributed by atoms with Crippen LogP contribution in [0.3, 0.4) is 0 Å². The average Bonchev–Trinajstić information content (AvgIpc) is 2.34. The van der Waals surface area contributed by atoms with Crippen LogP contribution in [0.25, 0.3) is 0 Å². The molecule has 0 aliphatic heterocycles. The summed E-state index contributed by atoms with van der Waals surface area (Å²) in [5, 5.41) is 11.7. The molecule has 1 unspecified atom stereocenters. The Morgan fingerprint density at radius 3 is 2.28 bits per heavy atom. The number of benzene rings is 1. The van der Waals surface area contributed by atoms with Gasteiger partial charge in [0.1, 0.15) is 0 Å². The van der Waals surface area contributed by atoms with Gasteiger partial charge < -0.3 is 5.32 Å². The first kappa shape index (κ1) is 14.2. The number of hydrogen-bond donors (Lipinski definition) is 1. The van der Waals surface area contributed by atoms with Gasteiger partial charge in [-0.2, -0.15) is 5.26 Å². The van der Waals surface area contributed by atoms with Crippen LogP contribution < -0.4 is 5.32 Å². The van der Waals surface area contributed by atoms with Crippen LogP contribution in [-0.2, 0) is 10.2 Å². The van der Waals surface area contributed by atoms with Crippen molar-refractivity contribution >= 4 is 5.91 Å². The summed E-state index contributed by atoms with van der Waals surface area (Å²) in [5.74, 6) is -0.486. The second kappa shape index (κ2) is 5.68. The molecule has 0 fully saturated rings. The van der Waals surface area contributed by atoms with Crippen LogP contribution in [0, 0.1) is 11.3 Å². The zero-order valence-electron chi connectivity index (χ0n) is 11.4. The molecule has 1 aromatic carbocycles. The van der Waals surface area contributed by atoms with E-state index < -0.39 is 0 Å². The molecule has 1 amide bonds. The van der Waals surface area contributed by atoms with Gasteiger partial charge in [-0.1, -0.05) is 45.0 Å². The molecule has 0 radical (unpaired) electrons. The fourth-order valence-electron chi connectivity index (χ4n) is 1.74. The maximum atomic E-state index is 11.3. The van der Waals surface area contributed by atoms with Crippen molar-refractivity contribution in [3.63, 3.8) is 0 Å². The smallest absolute Gasteiger partial charge is 0.221 e. The highest BCUT2D eigenvalue weighted by molar-refractivity contribution is 5.77. The molecule has 0 bridgehead atoms. The summed E-state index contributed by atoms with van der Waals surface area (Å²) in [6, 6.07) is 10.1. The van der Waals surface area contributed by atoms with Crippen LogP contribution in [0.2, 0.25) is 0 Å². The number of nitriles is 1. The molecule has 0 aromatic heterocycles. The van der Waals surface area contributed by atoms with E-state index in [1.807, 2.05) is 24.3 Å². The summed E-state index contributed by atoms with van der Waals surface area (Å²) in [7, 11) is 1.58. The summed E-state index contributed by atoms with van der Waals surface area (Å²) in [6.07, 6.45) is 0.210. The predicted molar refractivity (Wildman–Crippen MR) is 72.2 cm³/mol. The van der Waals surface area contributed by atoms with Crippen molar-refractivity contribution < 1.29 is 4.79 Å². The summed E-state index contributed by atoms with van der Waals surface area (Å²) >= 11 is 0. The predicted octanol–water partition coefficient (Wildman–Crippen LogP) is 2.73. The number of nitrogens with zero attached hydrogens (tertiary/aromatic N) is 1. The number of carbonyl (C=O) groups excluding carboxylic acids is 1. The van der Waals surface area contributed by atoms with Crippen LogP contribution in [0.5, 0.6) is 0 Å². The topological polar surface area (TPSA) is 52.9 Å². The Kier molecular flexibility index (Phi) is 4.49. The van der Waals surface area contributed by atoms with E-state index in [-0.39, 0.29) is 23.7 Å². The highest BCUT2D eigenvalue weighted by atomic mass is 16.1. The van der Waals surface area contributed by atoms with E-state index in [0.29, 0.717) is 0 Å². The third-order valence-corrected chi connectivity index (χ3v) is 3.00. The molecule has 1 rings (SSSR count). The van der Waals surface area contributed by atoms with E-state index in [1.54, 1.807) is 7.05 Å². The Morgan fingerprint density at radius 2 is 1.89 bits per heavy atom. The second-order valence-corrected chi connectivity index (χ2v) is 5.43. The fourth-order valence-corrected chi connectivity index (χ4v) is 1.74. The van der Waals surface area contributed by atoms with Gasteiger partial charge in [0.05, 0.1) is 12.0 Å². The van der Waals surface area contributed by atoms with E-state index in [0.717, 1.165) is 5.56 Å². The van der Waals surface area contributed by atoms with Gasteiger partial charge in [0.25, 0.3) is 0 Å². The van der Waals surface area contributed by atoms with Crippen LogP contribution >= 0.6 is 0 Å². The summed E-state index contributed by atoms with van der Waals surface area (Å²) in [5.41, 5.74) is 2.22. The SMILES string of the molecule is CNC(=O)CC(C#N)c1ccc(C(C)(C)C)cc1. The number of hydrogen-bond acceptors (Lipinski definition) is 2. The van der Waals surface area contributed by atoms with E-state index in [9.17, 15) is 4.79 Å². The van der Waals surface area contributed by atoms with Crippen molar-refractivity contribution in [2.45, 2.75) is 38.5 Å². The molecule has 0 aliphatic carbocycles. The van der Waals surface area contributed by atoms with E-state index >= 15 is 0 Å². The maximum absolute atomic E-state index is 11.3. The van der Waals surface area contributed by atoms with Gasteiger partial charge in [0.2, 0.25) is 5.91 Å². The lowest BCUT2D eigenvalue weighted by molar-refractivity contribution is -0.120. The Bertz CT molecular complexity index is 449. The van der Waals surface area contributed by atoms with Gasteiger partial charge in [0, 0.05) is 13.5 Å². The minimum atomic E-state index is -0.376. The molecular formula is C15H20N2O. The van der Waals surface area contributed by atoms with E-state index in [1.165, 1.54) is 5.56 Å². The lowest BCUT2D eigenvalue weighted by Crippen LogP contribution is -2.20. The van der Waals surface area contributed by atoms with Crippen molar-refractivity contribution in [1.82, 2.24) is 5.32 Å². The number of carbonyl (C=O) groups is 1. The molecular weight excluding hydrogens is 224 g/mol. The van der Waals surface area contributed by atoms with Gasteiger partial charge in [0.15, 0.2) is 0 Å². The Morgan fingerprint density at radius 1 is 1.33 bits per heavy atom. The Labute approximate surface area is 109 Å². The molecule has 96 valence electrons. The first-order valence-corrected chi connectivity index (χ1v) is 6.09. The first-order chi connectivity index (χ1) is 8.38. The lowest BCUT2D eigenvalue weighted by atomic mass is 9.85. The minimum Gasteiger partial charge on any atom is -0.359 e. The molecule has 1 aromatic rings. The number of rotatable bonds is 3. The first-order valence-electron chi connectivity index (χ1n) is 6.09. The van der Waals surface area contributed by atoms with Gasteiger partial charge in [-0.15, -0.1) is 0 Å². The Hall–Kier alpha value is -1.82. The van der Waals surface area contributed by atoms with Crippen LogP contribution in [0.1, 0.15) is 44.2 Å². The molecule has 0 aliphatic rings. The molecule has 18 heavy (non-hydrogen) atoms. The highest BCUT2D eigenvalue weighted by Gasteiger charge is 2.17. The fraction of sp³-hybridized carbons (Fsp3) is 0.467. The monoisotopic (exact) mass is 244 g/mol. The normalized spacial score (nSPS) is 12.6. The summed E-state index contributed by atoms with van der Waals surface area (Å²) < 4.78 is 0. The summed E-state index contributed by atoms with van der Waals surface area (Å²) in [4.78, 5) is 11.3. The highest BCUT2D eigenvalue weighted by Crippen LogP contribution is 2.25. The second-order valence-electron chi connectivity index (χ2n) is 5.43. The van der Waals surface area contributed by atoms with Crippen LogP contribution in [-0.4, -0.2) is 13.0 Å². The molecule has 0 saturated heterocycles. The largest absolute Gasteiger partial charge is 0.359 e. The van der Waals surface area contributed by atoms with Gasteiger partial charge in [-0.3, -0.25) is 4.79 Å². The number of amides is 1. The van der Waals surface area contributed by atoms with Gasteiger partial charge in [-0.25, -0.2) is 0 Å². The van der Waals surface area contributed by atoms with Gasteiger partial charge >= 0.3 is 0 Å². The average molecular weight is 244 g/mol. The standard InChI is InChI=1S/C15H20N2O/c1-15(2,3)13-7-5-11(6-8-13)12(10-16)9-14(18)17-4/h5-8,12H,9H2,1-4H3,(H,17,18). The third-order valence-electron chi connectivity index (χ3n) is 3.00. The van der Waals surface area contributed by atoms with Crippen molar-refractivity contribution in [2.75, 3.05) is 7.05 Å². The van der Waals surface area contributed by atoms with Crippen LogP contribution in [0.4, 0.5) is 0 Å². The van der Waals surface area contributed by atoms with E-state index in [4.69, 9.17) is 5.26 Å². The van der Waals surface area contributed by atoms with Gasteiger partial charge in [-0.05, 0) is 16.5 Å². The third kappa shape index (κ3) is 3.59. The Balaban J connectivity index is 2.90. The zero-order valence-corrected chi connectivity index (χ0v) is 11.4. The molecule has 3 heteroatoms. The quantitative estimate of drug-likeness (QED) is 0.888. The van der Waals surface area contributed by atoms with Crippen molar-refractivity contribution in [3.8, 4) is 6.07 Å². The molecule has 1 atom stereocenters. The van der Waals surface area contributed by atoms with Crippen molar-refractivity contribution in [2.24, 2.45) is 0 Å².